The molecule has 0 atom stereocenters. The standard InChI is InChI=1S/C18H14BrN3OS/c19-13-6-8-15(9-7-13)24-18-16(5-3-11-21-18)17(23)22-12-14-4-1-2-10-20-14/h1-11H,12H2,(H,22,23). The number of aromatic nitrogens is 2. The van der Waals surface area contributed by atoms with Crippen LogP contribution in [0.15, 0.2) is 81.4 Å². The first-order valence-corrected chi connectivity index (χ1v) is 8.90. The number of amides is 1. The maximum absolute atomic E-state index is 12.5. The Balaban J connectivity index is 1.73. The van der Waals surface area contributed by atoms with Gasteiger partial charge in [0.2, 0.25) is 0 Å². The van der Waals surface area contributed by atoms with Gasteiger partial charge in [-0.25, -0.2) is 4.98 Å². The van der Waals surface area contributed by atoms with Crippen LogP contribution in [-0.2, 0) is 6.54 Å². The first-order chi connectivity index (χ1) is 11.7. The summed E-state index contributed by atoms with van der Waals surface area (Å²) < 4.78 is 1.01. The molecular formula is C18H14BrN3OS. The second-order valence-corrected chi connectivity index (χ2v) is 6.89. The molecule has 0 aliphatic carbocycles. The fourth-order valence-corrected chi connectivity index (χ4v) is 3.17. The lowest BCUT2D eigenvalue weighted by Gasteiger charge is -2.09. The number of pyridine rings is 2. The predicted molar refractivity (Wildman–Crippen MR) is 97.9 cm³/mol. The van der Waals surface area contributed by atoms with Gasteiger partial charge in [-0.1, -0.05) is 33.8 Å². The average molecular weight is 400 g/mol. The lowest BCUT2D eigenvalue weighted by Crippen LogP contribution is -2.24. The Bertz CT molecular complexity index is 825. The topological polar surface area (TPSA) is 54.9 Å². The van der Waals surface area contributed by atoms with Gasteiger partial charge in [-0.3, -0.25) is 9.78 Å². The van der Waals surface area contributed by atoms with Gasteiger partial charge in [0.25, 0.3) is 5.91 Å². The van der Waals surface area contributed by atoms with Crippen molar-refractivity contribution in [3.8, 4) is 0 Å². The third-order valence-electron chi connectivity index (χ3n) is 3.20. The van der Waals surface area contributed by atoms with Crippen LogP contribution in [0.3, 0.4) is 0 Å². The lowest BCUT2D eigenvalue weighted by molar-refractivity contribution is 0.0947. The van der Waals surface area contributed by atoms with Crippen LogP contribution in [-0.4, -0.2) is 15.9 Å². The summed E-state index contributed by atoms with van der Waals surface area (Å²) in [5.41, 5.74) is 1.37. The molecule has 0 unspecified atom stereocenters. The highest BCUT2D eigenvalue weighted by Gasteiger charge is 2.13. The van der Waals surface area contributed by atoms with E-state index in [0.29, 0.717) is 17.1 Å². The number of hydrogen-bond donors (Lipinski definition) is 1. The molecule has 120 valence electrons. The Morgan fingerprint density at radius 2 is 1.79 bits per heavy atom. The molecule has 1 N–H and O–H groups in total. The van der Waals surface area contributed by atoms with E-state index in [0.717, 1.165) is 15.1 Å². The summed E-state index contributed by atoms with van der Waals surface area (Å²) in [4.78, 5) is 22.1. The maximum Gasteiger partial charge on any atom is 0.254 e. The number of hydrogen-bond acceptors (Lipinski definition) is 4. The highest BCUT2D eigenvalue weighted by Crippen LogP contribution is 2.29. The van der Waals surface area contributed by atoms with E-state index in [-0.39, 0.29) is 5.91 Å². The summed E-state index contributed by atoms with van der Waals surface area (Å²) in [5, 5.41) is 3.57. The molecule has 0 radical (unpaired) electrons. The molecule has 0 spiro atoms. The van der Waals surface area contributed by atoms with Crippen molar-refractivity contribution < 1.29 is 4.79 Å². The van der Waals surface area contributed by atoms with E-state index in [1.165, 1.54) is 11.8 Å². The van der Waals surface area contributed by atoms with E-state index in [9.17, 15) is 4.79 Å². The zero-order valence-corrected chi connectivity index (χ0v) is 15.0. The second-order valence-electron chi connectivity index (χ2n) is 4.92. The Hall–Kier alpha value is -2.18. The number of benzene rings is 1. The van der Waals surface area contributed by atoms with Crippen LogP contribution in [0.25, 0.3) is 0 Å². The van der Waals surface area contributed by atoms with Crippen molar-refractivity contribution in [3.05, 3.63) is 82.7 Å². The molecule has 0 aliphatic rings. The minimum atomic E-state index is -0.159. The molecule has 0 bridgehead atoms. The van der Waals surface area contributed by atoms with Crippen molar-refractivity contribution in [1.29, 1.82) is 0 Å². The Morgan fingerprint density at radius 3 is 2.54 bits per heavy atom. The van der Waals surface area contributed by atoms with E-state index in [4.69, 9.17) is 0 Å². The molecule has 2 aromatic heterocycles. The number of halogens is 1. The van der Waals surface area contributed by atoms with Crippen molar-refractivity contribution in [2.24, 2.45) is 0 Å². The van der Waals surface area contributed by atoms with Crippen LogP contribution in [0.4, 0.5) is 0 Å². The first kappa shape index (κ1) is 16.7. The SMILES string of the molecule is O=C(NCc1ccccn1)c1cccnc1Sc1ccc(Br)cc1. The fourth-order valence-electron chi connectivity index (χ4n) is 2.03. The predicted octanol–water partition coefficient (Wildman–Crippen LogP) is 4.32. The van der Waals surface area contributed by atoms with Gasteiger partial charge in [-0.05, 0) is 48.5 Å². The molecule has 4 nitrogen and oxygen atoms in total. The first-order valence-electron chi connectivity index (χ1n) is 7.29. The van der Waals surface area contributed by atoms with Crippen molar-refractivity contribution >= 4 is 33.6 Å². The maximum atomic E-state index is 12.5. The van der Waals surface area contributed by atoms with Gasteiger partial charge in [0.15, 0.2) is 0 Å². The monoisotopic (exact) mass is 399 g/mol. The summed E-state index contributed by atoms with van der Waals surface area (Å²) in [7, 11) is 0. The zero-order chi connectivity index (χ0) is 16.8. The van der Waals surface area contributed by atoms with Crippen LogP contribution < -0.4 is 5.32 Å². The van der Waals surface area contributed by atoms with Crippen LogP contribution in [0.1, 0.15) is 16.1 Å². The largest absolute Gasteiger partial charge is 0.346 e. The van der Waals surface area contributed by atoms with E-state index in [2.05, 4.69) is 31.2 Å². The fraction of sp³-hybridized carbons (Fsp3) is 0.0556. The Morgan fingerprint density at radius 1 is 1.00 bits per heavy atom. The van der Waals surface area contributed by atoms with Gasteiger partial charge in [0.05, 0.1) is 17.8 Å². The number of nitrogens with one attached hydrogen (secondary N) is 1. The van der Waals surface area contributed by atoms with Crippen LogP contribution in [0.2, 0.25) is 0 Å². The summed E-state index contributed by atoms with van der Waals surface area (Å²) >= 11 is 4.88. The normalized spacial score (nSPS) is 10.4. The molecule has 0 saturated carbocycles. The van der Waals surface area contributed by atoms with E-state index >= 15 is 0 Å². The van der Waals surface area contributed by atoms with E-state index in [1.54, 1.807) is 24.5 Å². The molecule has 3 rings (SSSR count). The number of rotatable bonds is 5. The third-order valence-corrected chi connectivity index (χ3v) is 4.76. The molecule has 1 aromatic carbocycles. The van der Waals surface area contributed by atoms with Crippen molar-refractivity contribution in [3.63, 3.8) is 0 Å². The molecular weight excluding hydrogens is 386 g/mol. The summed E-state index contributed by atoms with van der Waals surface area (Å²) in [6.45, 7) is 0.386. The van der Waals surface area contributed by atoms with Crippen molar-refractivity contribution in [1.82, 2.24) is 15.3 Å². The smallest absolute Gasteiger partial charge is 0.254 e. The Labute approximate surface area is 152 Å². The molecule has 0 aliphatic heterocycles. The highest BCUT2D eigenvalue weighted by molar-refractivity contribution is 9.10. The zero-order valence-electron chi connectivity index (χ0n) is 12.6. The Kier molecular flexibility index (Phi) is 5.61. The summed E-state index contributed by atoms with van der Waals surface area (Å²) in [5.74, 6) is -0.159. The quantitative estimate of drug-likeness (QED) is 0.693. The number of nitrogens with zero attached hydrogens (tertiary/aromatic N) is 2. The van der Waals surface area contributed by atoms with Crippen molar-refractivity contribution in [2.45, 2.75) is 16.5 Å². The molecule has 0 saturated heterocycles. The van der Waals surface area contributed by atoms with Gasteiger partial charge in [-0.15, -0.1) is 0 Å². The molecule has 6 heteroatoms. The second kappa shape index (κ2) is 8.08. The van der Waals surface area contributed by atoms with Gasteiger partial charge >= 0.3 is 0 Å². The molecule has 3 aromatic rings. The van der Waals surface area contributed by atoms with Gasteiger partial charge < -0.3 is 5.32 Å². The van der Waals surface area contributed by atoms with E-state index < -0.39 is 0 Å². The molecule has 2 heterocycles. The van der Waals surface area contributed by atoms with Gasteiger partial charge in [0.1, 0.15) is 5.03 Å². The molecule has 0 fully saturated rings. The lowest BCUT2D eigenvalue weighted by atomic mass is 10.2. The van der Waals surface area contributed by atoms with E-state index in [1.807, 2.05) is 42.5 Å². The number of carbonyl (C=O) groups is 1. The third kappa shape index (κ3) is 4.43. The molecule has 24 heavy (non-hydrogen) atoms. The van der Waals surface area contributed by atoms with Gasteiger partial charge in [0, 0.05) is 21.8 Å². The minimum absolute atomic E-state index is 0.159. The number of carbonyl (C=O) groups excluding carboxylic acids is 1. The van der Waals surface area contributed by atoms with Crippen molar-refractivity contribution in [2.75, 3.05) is 0 Å². The highest BCUT2D eigenvalue weighted by atomic mass is 79.9. The minimum Gasteiger partial charge on any atom is -0.346 e. The van der Waals surface area contributed by atoms with Gasteiger partial charge in [-0.2, -0.15) is 0 Å². The molecule has 1 amide bonds. The summed E-state index contributed by atoms with van der Waals surface area (Å²) in [6.07, 6.45) is 3.40. The van der Waals surface area contributed by atoms with Crippen LogP contribution in [0, 0.1) is 0 Å². The average Bonchev–Trinajstić information content (AvgIpc) is 2.63. The van der Waals surface area contributed by atoms with Crippen LogP contribution >= 0.6 is 27.7 Å². The summed E-state index contributed by atoms with van der Waals surface area (Å²) in [6, 6.07) is 17.1. The van der Waals surface area contributed by atoms with Crippen LogP contribution in [0.5, 0.6) is 0 Å².